The Morgan fingerprint density at radius 1 is 1.36 bits per heavy atom. The summed E-state index contributed by atoms with van der Waals surface area (Å²) in [5.41, 5.74) is 0. The van der Waals surface area contributed by atoms with E-state index in [9.17, 15) is 4.79 Å². The average molecular weight is 241 g/mol. The second-order valence-corrected chi connectivity index (χ2v) is 5.03. The van der Waals surface area contributed by atoms with Crippen LogP contribution in [0.5, 0.6) is 0 Å². The van der Waals surface area contributed by atoms with Crippen molar-refractivity contribution in [2.45, 2.75) is 19.3 Å². The molecular weight excluding hydrogens is 228 g/mol. The van der Waals surface area contributed by atoms with Crippen molar-refractivity contribution >= 4 is 16.9 Å². The summed E-state index contributed by atoms with van der Waals surface area (Å²) in [6.45, 7) is 0. The van der Waals surface area contributed by atoms with Crippen molar-refractivity contribution in [2.75, 3.05) is 17.3 Å². The van der Waals surface area contributed by atoms with Gasteiger partial charge in [-0.05, 0) is 23.7 Å². The summed E-state index contributed by atoms with van der Waals surface area (Å²) >= 11 is 0. The van der Waals surface area contributed by atoms with Crippen LogP contribution in [0.25, 0.3) is 0 Å². The van der Waals surface area contributed by atoms with Crippen LogP contribution >= 0.6 is 0 Å². The average Bonchev–Trinajstić information content (AvgIpc) is 2.34. The minimum absolute atomic E-state index is 0. The molecule has 0 radical (unpaired) electrons. The molecule has 0 aliphatic carbocycles. The maximum Gasteiger partial charge on any atom is 0.308 e. The molecule has 66 valence electrons. The largest absolute Gasteiger partial charge is 1.00 e. The summed E-state index contributed by atoms with van der Waals surface area (Å²) in [6.07, 6.45) is 3.02. The Kier molecular flexibility index (Phi) is 6.05. The van der Waals surface area contributed by atoms with Gasteiger partial charge >= 0.3 is 5.97 Å². The molecule has 0 amide bonds. The van der Waals surface area contributed by atoms with Gasteiger partial charge in [0, 0.05) is 0 Å². The molecule has 2 nitrogen and oxygen atoms in total. The highest BCUT2D eigenvalue weighted by Gasteiger charge is 2.23. The van der Waals surface area contributed by atoms with Gasteiger partial charge in [0.1, 0.15) is 17.3 Å². The first-order valence-corrected chi connectivity index (χ1v) is 5.38. The molecular formula is C7H13BrO2S. The molecule has 1 rings (SSSR count). The molecule has 1 saturated heterocycles. The van der Waals surface area contributed by atoms with Crippen molar-refractivity contribution in [2.24, 2.45) is 0 Å². The first kappa shape index (κ1) is 11.3. The molecule has 0 saturated carbocycles. The number of hydrogen-bond donors (Lipinski definition) is 1. The molecule has 0 unspecified atom stereocenters. The number of carboxylic acids is 1. The van der Waals surface area contributed by atoms with Gasteiger partial charge in [-0.25, -0.2) is 0 Å². The van der Waals surface area contributed by atoms with Crippen LogP contribution in [0.15, 0.2) is 0 Å². The van der Waals surface area contributed by atoms with Crippen LogP contribution in [-0.4, -0.2) is 28.3 Å². The molecule has 1 aliphatic rings. The van der Waals surface area contributed by atoms with Crippen LogP contribution in [0.3, 0.4) is 0 Å². The second kappa shape index (κ2) is 5.89. The van der Waals surface area contributed by atoms with Gasteiger partial charge in [0.2, 0.25) is 0 Å². The molecule has 1 heterocycles. The molecule has 0 aromatic heterocycles. The lowest BCUT2D eigenvalue weighted by Gasteiger charge is -1.95. The van der Waals surface area contributed by atoms with Crippen LogP contribution in [0.2, 0.25) is 0 Å². The molecule has 0 spiro atoms. The van der Waals surface area contributed by atoms with E-state index in [0.717, 1.165) is 5.75 Å². The zero-order valence-corrected chi connectivity index (χ0v) is 8.79. The number of hydrogen-bond acceptors (Lipinski definition) is 1. The lowest BCUT2D eigenvalue weighted by Crippen LogP contribution is -3.00. The zero-order valence-electron chi connectivity index (χ0n) is 6.38. The van der Waals surface area contributed by atoms with E-state index in [1.165, 1.54) is 24.3 Å². The summed E-state index contributed by atoms with van der Waals surface area (Å²) in [4.78, 5) is 10.2. The number of carboxylic acid groups (broad SMARTS) is 1. The van der Waals surface area contributed by atoms with Gasteiger partial charge in [0.05, 0.1) is 6.42 Å². The Balaban J connectivity index is 0.000001000. The molecule has 0 atom stereocenters. The number of halogens is 1. The van der Waals surface area contributed by atoms with Crippen molar-refractivity contribution in [1.29, 1.82) is 0 Å². The molecule has 1 N–H and O–H groups in total. The van der Waals surface area contributed by atoms with Crippen LogP contribution in [-0.2, 0) is 15.7 Å². The van der Waals surface area contributed by atoms with Gasteiger partial charge in [-0.2, -0.15) is 0 Å². The molecule has 0 aromatic carbocycles. The van der Waals surface area contributed by atoms with E-state index >= 15 is 0 Å². The van der Waals surface area contributed by atoms with Gasteiger partial charge in [0.25, 0.3) is 0 Å². The van der Waals surface area contributed by atoms with Crippen molar-refractivity contribution < 1.29 is 26.9 Å². The number of carbonyl (C=O) groups is 1. The van der Waals surface area contributed by atoms with Crippen LogP contribution in [0.1, 0.15) is 19.3 Å². The molecule has 0 bridgehead atoms. The monoisotopic (exact) mass is 240 g/mol. The van der Waals surface area contributed by atoms with Crippen molar-refractivity contribution in [3.8, 4) is 0 Å². The fraction of sp³-hybridized carbons (Fsp3) is 0.857. The Labute approximate surface area is 80.5 Å². The third kappa shape index (κ3) is 4.69. The van der Waals surface area contributed by atoms with Gasteiger partial charge in [0.15, 0.2) is 0 Å². The fourth-order valence-electron chi connectivity index (χ4n) is 1.15. The Hall–Kier alpha value is 0.300. The Morgan fingerprint density at radius 3 is 2.36 bits per heavy atom. The quantitative estimate of drug-likeness (QED) is 0.573. The van der Waals surface area contributed by atoms with Crippen molar-refractivity contribution in [3.63, 3.8) is 0 Å². The van der Waals surface area contributed by atoms with E-state index in [2.05, 4.69) is 0 Å². The SMILES string of the molecule is O=C(O)CC[S+]1CCCC1.[Br-]. The van der Waals surface area contributed by atoms with E-state index in [-0.39, 0.29) is 17.0 Å². The van der Waals surface area contributed by atoms with Crippen LogP contribution < -0.4 is 17.0 Å². The molecule has 11 heavy (non-hydrogen) atoms. The Morgan fingerprint density at radius 2 is 1.91 bits per heavy atom. The maximum absolute atomic E-state index is 10.2. The first-order chi connectivity index (χ1) is 4.79. The summed E-state index contributed by atoms with van der Waals surface area (Å²) < 4.78 is 0. The lowest BCUT2D eigenvalue weighted by atomic mass is 10.4. The summed E-state index contributed by atoms with van der Waals surface area (Å²) in [7, 11) is 0.471. The van der Waals surface area contributed by atoms with Crippen molar-refractivity contribution in [1.82, 2.24) is 0 Å². The highest BCUT2D eigenvalue weighted by molar-refractivity contribution is 7.97. The number of rotatable bonds is 3. The zero-order chi connectivity index (χ0) is 7.40. The highest BCUT2D eigenvalue weighted by atomic mass is 79.9. The van der Waals surface area contributed by atoms with Crippen LogP contribution in [0, 0.1) is 0 Å². The van der Waals surface area contributed by atoms with Crippen molar-refractivity contribution in [3.05, 3.63) is 0 Å². The van der Waals surface area contributed by atoms with E-state index < -0.39 is 5.97 Å². The smallest absolute Gasteiger partial charge is 0.308 e. The standard InChI is InChI=1S/C7H12O2S.BrH/c8-7(9)3-6-10-4-1-2-5-10;/h1-6H2;1H. The van der Waals surface area contributed by atoms with E-state index in [0.29, 0.717) is 17.3 Å². The molecule has 4 heteroatoms. The predicted molar refractivity (Wildman–Crippen MR) is 43.5 cm³/mol. The third-order valence-electron chi connectivity index (χ3n) is 1.72. The topological polar surface area (TPSA) is 37.3 Å². The van der Waals surface area contributed by atoms with Gasteiger partial charge in [-0.3, -0.25) is 4.79 Å². The first-order valence-electron chi connectivity index (χ1n) is 3.65. The molecule has 1 aliphatic heterocycles. The van der Waals surface area contributed by atoms with Crippen LogP contribution in [0.4, 0.5) is 0 Å². The summed E-state index contributed by atoms with van der Waals surface area (Å²) in [5, 5.41) is 8.38. The van der Waals surface area contributed by atoms with Gasteiger partial charge < -0.3 is 22.1 Å². The molecule has 0 aromatic rings. The lowest BCUT2D eigenvalue weighted by molar-refractivity contribution is -0.136. The normalized spacial score (nSPS) is 17.8. The second-order valence-electron chi connectivity index (χ2n) is 2.58. The highest BCUT2D eigenvalue weighted by Crippen LogP contribution is 2.13. The minimum Gasteiger partial charge on any atom is -1.00 e. The molecule has 1 fully saturated rings. The summed E-state index contributed by atoms with van der Waals surface area (Å²) in [5.74, 6) is 2.86. The van der Waals surface area contributed by atoms with Gasteiger partial charge in [-0.15, -0.1) is 0 Å². The van der Waals surface area contributed by atoms with Gasteiger partial charge in [-0.1, -0.05) is 0 Å². The van der Waals surface area contributed by atoms with E-state index in [1.54, 1.807) is 0 Å². The third-order valence-corrected chi connectivity index (χ3v) is 4.23. The van der Waals surface area contributed by atoms with E-state index in [1.807, 2.05) is 0 Å². The fourth-order valence-corrected chi connectivity index (χ4v) is 3.45. The maximum atomic E-state index is 10.2. The summed E-state index contributed by atoms with van der Waals surface area (Å²) in [6, 6.07) is 0. The minimum atomic E-state index is -0.639. The Bertz CT molecular complexity index is 124. The number of aliphatic carboxylic acids is 1. The predicted octanol–water partition coefficient (Wildman–Crippen LogP) is -2.12. The van der Waals surface area contributed by atoms with E-state index in [4.69, 9.17) is 5.11 Å².